The van der Waals surface area contributed by atoms with E-state index in [1.807, 2.05) is 38.1 Å². The molecule has 1 amide bonds. The van der Waals surface area contributed by atoms with Gasteiger partial charge in [-0.25, -0.2) is 8.42 Å². The van der Waals surface area contributed by atoms with E-state index >= 15 is 0 Å². The molecule has 0 spiro atoms. The number of nitrogens with zero attached hydrogens (tertiary/aromatic N) is 1. The predicted octanol–water partition coefficient (Wildman–Crippen LogP) is 3.99. The van der Waals surface area contributed by atoms with Gasteiger partial charge in [-0.2, -0.15) is 0 Å². The van der Waals surface area contributed by atoms with Gasteiger partial charge in [0.1, 0.15) is 11.8 Å². The van der Waals surface area contributed by atoms with Gasteiger partial charge in [-0.15, -0.1) is 0 Å². The van der Waals surface area contributed by atoms with Gasteiger partial charge in [-0.1, -0.05) is 36.7 Å². The van der Waals surface area contributed by atoms with Crippen molar-refractivity contribution in [2.45, 2.75) is 45.9 Å². The summed E-state index contributed by atoms with van der Waals surface area (Å²) in [5.41, 5.74) is 1.25. The SMILES string of the molecule is CC[C@H](C(=O)NCc1ccc(OC(C)C)cc1)N(c1cccc(Cl)c1)S(C)(=O)=O. The maximum atomic E-state index is 12.8. The maximum absolute atomic E-state index is 12.8. The highest BCUT2D eigenvalue weighted by Crippen LogP contribution is 2.25. The van der Waals surface area contributed by atoms with Crippen molar-refractivity contribution in [3.8, 4) is 5.75 Å². The lowest BCUT2D eigenvalue weighted by Gasteiger charge is -2.30. The Morgan fingerprint density at radius 2 is 1.83 bits per heavy atom. The molecule has 0 bridgehead atoms. The van der Waals surface area contributed by atoms with Crippen LogP contribution in [0.1, 0.15) is 32.8 Å². The van der Waals surface area contributed by atoms with E-state index in [0.29, 0.717) is 17.1 Å². The molecule has 1 N–H and O–H groups in total. The van der Waals surface area contributed by atoms with E-state index < -0.39 is 16.1 Å². The minimum atomic E-state index is -3.69. The zero-order valence-corrected chi connectivity index (χ0v) is 18.6. The maximum Gasteiger partial charge on any atom is 0.244 e. The summed E-state index contributed by atoms with van der Waals surface area (Å²) in [6, 6.07) is 13.0. The third-order valence-electron chi connectivity index (χ3n) is 4.15. The second-order valence-electron chi connectivity index (χ2n) is 6.99. The number of anilines is 1. The van der Waals surface area contributed by atoms with Crippen LogP contribution < -0.4 is 14.4 Å². The van der Waals surface area contributed by atoms with Crippen LogP contribution in [0.15, 0.2) is 48.5 Å². The molecular formula is C21H27ClN2O4S. The molecular weight excluding hydrogens is 412 g/mol. The first kappa shape index (κ1) is 23.0. The molecule has 0 aliphatic carbocycles. The second kappa shape index (κ2) is 9.98. The monoisotopic (exact) mass is 438 g/mol. The first-order valence-electron chi connectivity index (χ1n) is 9.40. The van der Waals surface area contributed by atoms with Gasteiger partial charge in [-0.3, -0.25) is 9.10 Å². The summed E-state index contributed by atoms with van der Waals surface area (Å²) in [6.07, 6.45) is 1.48. The number of carbonyl (C=O) groups excluding carboxylic acids is 1. The van der Waals surface area contributed by atoms with Crippen molar-refractivity contribution in [3.63, 3.8) is 0 Å². The molecule has 0 saturated carbocycles. The Balaban J connectivity index is 2.15. The zero-order valence-electron chi connectivity index (χ0n) is 17.1. The van der Waals surface area contributed by atoms with Crippen LogP contribution in [-0.4, -0.2) is 32.7 Å². The summed E-state index contributed by atoms with van der Waals surface area (Å²) in [6.45, 7) is 5.95. The van der Waals surface area contributed by atoms with Crippen LogP contribution in [0.3, 0.4) is 0 Å². The lowest BCUT2D eigenvalue weighted by molar-refractivity contribution is -0.122. The van der Waals surface area contributed by atoms with Gasteiger partial charge in [-0.05, 0) is 56.2 Å². The number of ether oxygens (including phenoxy) is 1. The molecule has 158 valence electrons. The Bertz CT molecular complexity index is 930. The fourth-order valence-electron chi connectivity index (χ4n) is 2.94. The number of nitrogens with one attached hydrogen (secondary N) is 1. The molecule has 0 aromatic heterocycles. The van der Waals surface area contributed by atoms with E-state index in [0.717, 1.165) is 21.9 Å². The standard InChI is InChI=1S/C21H27ClN2O4S/c1-5-20(24(29(4,26)27)18-8-6-7-17(22)13-18)21(25)23-14-16-9-11-19(12-10-16)28-15(2)3/h6-13,15,20H,5,14H2,1-4H3,(H,23,25)/t20-/m1/s1. The van der Waals surface area contributed by atoms with E-state index in [1.54, 1.807) is 25.1 Å². The molecule has 0 aliphatic rings. The van der Waals surface area contributed by atoms with Crippen LogP contribution in [0.4, 0.5) is 5.69 Å². The number of amides is 1. The summed E-state index contributed by atoms with van der Waals surface area (Å²) >= 11 is 6.02. The Kier molecular flexibility index (Phi) is 7.93. The fourth-order valence-corrected chi connectivity index (χ4v) is 4.33. The fraction of sp³-hybridized carbons (Fsp3) is 0.381. The predicted molar refractivity (Wildman–Crippen MR) is 117 cm³/mol. The molecule has 2 rings (SSSR count). The Hall–Kier alpha value is -2.25. The molecule has 0 aliphatic heterocycles. The molecule has 2 aromatic rings. The van der Waals surface area contributed by atoms with E-state index in [4.69, 9.17) is 16.3 Å². The van der Waals surface area contributed by atoms with E-state index in [1.165, 1.54) is 6.07 Å². The van der Waals surface area contributed by atoms with Crippen molar-refractivity contribution in [3.05, 3.63) is 59.1 Å². The smallest absolute Gasteiger partial charge is 0.244 e. The van der Waals surface area contributed by atoms with Gasteiger partial charge in [0.25, 0.3) is 0 Å². The highest BCUT2D eigenvalue weighted by molar-refractivity contribution is 7.92. The van der Waals surface area contributed by atoms with Crippen LogP contribution in [0, 0.1) is 0 Å². The second-order valence-corrected chi connectivity index (χ2v) is 9.29. The van der Waals surface area contributed by atoms with E-state index in [2.05, 4.69) is 5.32 Å². The topological polar surface area (TPSA) is 75.7 Å². The Labute approximate surface area is 177 Å². The molecule has 2 aromatic carbocycles. The molecule has 29 heavy (non-hydrogen) atoms. The lowest BCUT2D eigenvalue weighted by atomic mass is 10.1. The van der Waals surface area contributed by atoms with Gasteiger partial charge in [0, 0.05) is 11.6 Å². The molecule has 8 heteroatoms. The number of hydrogen-bond acceptors (Lipinski definition) is 4. The minimum absolute atomic E-state index is 0.0827. The average Bonchev–Trinajstić information content (AvgIpc) is 2.63. The number of rotatable bonds is 9. The normalized spacial score (nSPS) is 12.5. The van der Waals surface area contributed by atoms with Crippen molar-refractivity contribution in [1.82, 2.24) is 5.32 Å². The van der Waals surface area contributed by atoms with Gasteiger partial charge >= 0.3 is 0 Å². The number of halogens is 1. The summed E-state index contributed by atoms with van der Waals surface area (Å²) < 4.78 is 31.6. The molecule has 0 radical (unpaired) electrons. The number of carbonyl (C=O) groups is 1. The van der Waals surface area contributed by atoms with Crippen LogP contribution in [0.5, 0.6) is 5.75 Å². The third kappa shape index (κ3) is 6.65. The van der Waals surface area contributed by atoms with Crippen LogP contribution in [0.2, 0.25) is 5.02 Å². The molecule has 0 fully saturated rings. The summed E-state index contributed by atoms with van der Waals surface area (Å²) in [4.78, 5) is 12.8. The number of hydrogen-bond donors (Lipinski definition) is 1. The minimum Gasteiger partial charge on any atom is -0.491 e. The van der Waals surface area contributed by atoms with Crippen molar-refractivity contribution in [2.24, 2.45) is 0 Å². The highest BCUT2D eigenvalue weighted by Gasteiger charge is 2.31. The molecule has 6 nitrogen and oxygen atoms in total. The summed E-state index contributed by atoms with van der Waals surface area (Å²) in [7, 11) is -3.69. The van der Waals surface area contributed by atoms with Gasteiger partial charge in [0.15, 0.2) is 0 Å². The lowest BCUT2D eigenvalue weighted by Crippen LogP contribution is -2.49. The summed E-state index contributed by atoms with van der Waals surface area (Å²) in [5, 5.41) is 3.23. The third-order valence-corrected chi connectivity index (χ3v) is 5.57. The van der Waals surface area contributed by atoms with Crippen molar-refractivity contribution in [2.75, 3.05) is 10.6 Å². The van der Waals surface area contributed by atoms with Crippen LogP contribution in [0.25, 0.3) is 0 Å². The molecule has 0 heterocycles. The quantitative estimate of drug-likeness (QED) is 0.642. The van der Waals surface area contributed by atoms with E-state index in [-0.39, 0.29) is 18.6 Å². The number of sulfonamides is 1. The average molecular weight is 439 g/mol. The Morgan fingerprint density at radius 1 is 1.17 bits per heavy atom. The van der Waals surface area contributed by atoms with Gasteiger partial charge in [0.2, 0.25) is 15.9 Å². The first-order valence-corrected chi connectivity index (χ1v) is 11.6. The van der Waals surface area contributed by atoms with Crippen molar-refractivity contribution < 1.29 is 17.9 Å². The number of benzene rings is 2. The van der Waals surface area contributed by atoms with Crippen molar-refractivity contribution in [1.29, 1.82) is 0 Å². The first-order chi connectivity index (χ1) is 13.6. The van der Waals surface area contributed by atoms with Gasteiger partial charge < -0.3 is 10.1 Å². The van der Waals surface area contributed by atoms with Crippen molar-refractivity contribution >= 4 is 33.2 Å². The molecule has 0 unspecified atom stereocenters. The largest absolute Gasteiger partial charge is 0.491 e. The highest BCUT2D eigenvalue weighted by atomic mass is 35.5. The zero-order chi connectivity index (χ0) is 21.6. The molecule has 0 saturated heterocycles. The van der Waals surface area contributed by atoms with E-state index in [9.17, 15) is 13.2 Å². The van der Waals surface area contributed by atoms with Crippen LogP contribution in [-0.2, 0) is 21.4 Å². The Morgan fingerprint density at radius 3 is 2.34 bits per heavy atom. The molecule has 1 atom stereocenters. The van der Waals surface area contributed by atoms with Gasteiger partial charge in [0.05, 0.1) is 18.0 Å². The van der Waals surface area contributed by atoms with Crippen LogP contribution >= 0.6 is 11.6 Å². The summed E-state index contributed by atoms with van der Waals surface area (Å²) in [5.74, 6) is 0.381.